The van der Waals surface area contributed by atoms with E-state index in [9.17, 15) is 0 Å². The second-order valence-electron chi connectivity index (χ2n) is 12.3. The van der Waals surface area contributed by atoms with Crippen LogP contribution in [0.2, 0.25) is 0 Å². The van der Waals surface area contributed by atoms with Crippen molar-refractivity contribution in [2.45, 2.75) is 40.8 Å². The summed E-state index contributed by atoms with van der Waals surface area (Å²) >= 11 is 0. The van der Waals surface area contributed by atoms with Gasteiger partial charge < -0.3 is 14.4 Å². The molecular formula is C43H36IrN2O-2. The molecular weight excluding hydrogens is 753 g/mol. The van der Waals surface area contributed by atoms with Crippen LogP contribution in [0.15, 0.2) is 120 Å². The molecule has 0 atom stereocenters. The molecule has 0 fully saturated rings. The predicted molar refractivity (Wildman–Crippen MR) is 192 cm³/mol. The van der Waals surface area contributed by atoms with E-state index in [-0.39, 0.29) is 31.2 Å². The Bertz CT molecular complexity index is 2590. The van der Waals surface area contributed by atoms with Gasteiger partial charge in [-0.3, -0.25) is 0 Å². The maximum atomic E-state index is 8.68. The Hall–Kier alpha value is -4.63. The monoisotopic (exact) mass is 797 g/mol. The molecule has 0 aliphatic heterocycles. The van der Waals surface area contributed by atoms with E-state index in [2.05, 4.69) is 70.6 Å². The van der Waals surface area contributed by atoms with Gasteiger partial charge in [0.05, 0.1) is 5.58 Å². The van der Waals surface area contributed by atoms with Crippen LogP contribution in [0.4, 0.5) is 0 Å². The number of furan rings is 1. The normalized spacial score (nSPS) is 14.8. The molecule has 0 bridgehead atoms. The van der Waals surface area contributed by atoms with Gasteiger partial charge in [-0.05, 0) is 75.3 Å². The third kappa shape index (κ3) is 6.90. The number of aromatic nitrogens is 2. The van der Waals surface area contributed by atoms with Gasteiger partial charge in [0.2, 0.25) is 0 Å². The van der Waals surface area contributed by atoms with E-state index in [0.717, 1.165) is 32.9 Å². The summed E-state index contributed by atoms with van der Waals surface area (Å²) in [7, 11) is 0. The number of rotatable bonds is 3. The third-order valence-electron chi connectivity index (χ3n) is 7.68. The Morgan fingerprint density at radius 1 is 0.745 bits per heavy atom. The van der Waals surface area contributed by atoms with Crippen molar-refractivity contribution in [1.82, 2.24) is 9.97 Å². The summed E-state index contributed by atoms with van der Waals surface area (Å²) in [6, 6.07) is 38.2. The molecule has 3 aromatic heterocycles. The van der Waals surface area contributed by atoms with E-state index >= 15 is 0 Å². The second kappa shape index (κ2) is 13.2. The van der Waals surface area contributed by atoms with Crippen LogP contribution in [0.25, 0.3) is 66.0 Å². The minimum absolute atomic E-state index is 0. The quantitative estimate of drug-likeness (QED) is 0.132. The van der Waals surface area contributed by atoms with E-state index in [4.69, 9.17) is 15.4 Å². The Morgan fingerprint density at radius 2 is 1.57 bits per heavy atom. The zero-order chi connectivity index (χ0) is 38.6. The van der Waals surface area contributed by atoms with E-state index in [1.807, 2.05) is 39.0 Å². The van der Waals surface area contributed by atoms with Crippen LogP contribution in [0.1, 0.15) is 48.4 Å². The van der Waals surface area contributed by atoms with Crippen LogP contribution in [0.3, 0.4) is 0 Å². The molecule has 0 aliphatic carbocycles. The molecule has 1 radical (unpaired) electrons. The van der Waals surface area contributed by atoms with Crippen LogP contribution < -0.4 is 0 Å². The molecule has 235 valence electrons. The van der Waals surface area contributed by atoms with E-state index < -0.39 is 25.5 Å². The summed E-state index contributed by atoms with van der Waals surface area (Å²) in [6.07, 6.45) is 1.46. The summed E-state index contributed by atoms with van der Waals surface area (Å²) in [5, 5.41) is 6.79. The maximum absolute atomic E-state index is 8.68. The molecule has 0 unspecified atom stereocenters. The molecule has 0 saturated carbocycles. The number of nitrogens with zero attached hydrogens (tertiary/aromatic N) is 2. The standard InChI is InChI=1S/C30H24NO.C13H12N.Ir/c1-30(2,3)18-19-13-14-31-27(15-19)24-10-6-9-23-26-16-21-12-11-20-7-4-5-8-22(20)25(21)17-28(26)32-29(23)24;1-10-3-6-12(7-4-10)13-8-5-11(2)9-14-13;/h4-9,11-17H,18H2,1-3H3;3-6,8-9H,1-2H3;/q2*-1;/i18D2;1D3,2D3;. The first-order chi connectivity index (χ1) is 25.4. The average Bonchev–Trinajstić information content (AvgIpc) is 3.51. The summed E-state index contributed by atoms with van der Waals surface area (Å²) in [5.74, 6) is 0. The Balaban J connectivity index is 0.000000211. The summed E-state index contributed by atoms with van der Waals surface area (Å²) < 4.78 is 67.4. The van der Waals surface area contributed by atoms with Gasteiger partial charge in [-0.25, -0.2) is 0 Å². The second-order valence-corrected chi connectivity index (χ2v) is 12.3. The first-order valence-corrected chi connectivity index (χ1v) is 15.1. The molecule has 0 aliphatic rings. The third-order valence-corrected chi connectivity index (χ3v) is 7.68. The van der Waals surface area contributed by atoms with Crippen LogP contribution in [0, 0.1) is 31.3 Å². The topological polar surface area (TPSA) is 38.9 Å². The first kappa shape index (κ1) is 23.7. The van der Waals surface area contributed by atoms with Crippen LogP contribution in [0.5, 0.6) is 0 Å². The zero-order valence-electron chi connectivity index (χ0n) is 34.1. The van der Waals surface area contributed by atoms with E-state index in [1.165, 1.54) is 40.6 Å². The van der Waals surface area contributed by atoms with Gasteiger partial charge in [0, 0.05) is 48.9 Å². The van der Waals surface area contributed by atoms with Crippen molar-refractivity contribution in [2.75, 3.05) is 0 Å². The van der Waals surface area contributed by atoms with Gasteiger partial charge in [-0.1, -0.05) is 98.7 Å². The fourth-order valence-corrected chi connectivity index (χ4v) is 5.65. The smallest absolute Gasteiger partial charge is 0.121 e. The van der Waals surface area contributed by atoms with E-state index in [1.54, 1.807) is 24.4 Å². The average molecular weight is 797 g/mol. The van der Waals surface area contributed by atoms with Crippen molar-refractivity contribution in [3.8, 4) is 22.5 Å². The number of aryl methyl sites for hydroxylation is 2. The molecule has 8 aromatic rings. The first-order valence-electron chi connectivity index (χ1n) is 19.1. The van der Waals surface area contributed by atoms with Crippen LogP contribution in [-0.2, 0) is 26.5 Å². The molecule has 0 amide bonds. The van der Waals surface area contributed by atoms with Gasteiger partial charge in [-0.15, -0.1) is 53.6 Å². The summed E-state index contributed by atoms with van der Waals surface area (Å²) in [4.78, 5) is 8.64. The molecule has 4 heteroatoms. The van der Waals surface area contributed by atoms with Gasteiger partial charge in [0.1, 0.15) is 5.58 Å². The SMILES string of the molecule is [2H]C([2H])([2H])c1c[c-]c(-c2ccc(C([2H])([2H])[2H])cn2)cc1.[2H]C([2H])(c1ccnc(-c2[c-]ccc3c2oc2cc4c(ccc5ccccc54)cc23)c1)C(C)(C)C.[Ir]. The van der Waals surface area contributed by atoms with E-state index in [0.29, 0.717) is 22.5 Å². The predicted octanol–water partition coefficient (Wildman–Crippen LogP) is 11.5. The number of pyridine rings is 2. The van der Waals surface area contributed by atoms with Crippen LogP contribution >= 0.6 is 0 Å². The Kier molecular flexibility index (Phi) is 6.66. The summed E-state index contributed by atoms with van der Waals surface area (Å²) in [5.41, 5.74) is 4.54. The van der Waals surface area contributed by atoms with Gasteiger partial charge in [0.25, 0.3) is 0 Å². The fourth-order valence-electron chi connectivity index (χ4n) is 5.65. The van der Waals surface area contributed by atoms with Crippen molar-refractivity contribution in [2.24, 2.45) is 5.41 Å². The number of hydrogen-bond acceptors (Lipinski definition) is 3. The molecule has 0 N–H and O–H groups in total. The van der Waals surface area contributed by atoms with Crippen molar-refractivity contribution in [3.63, 3.8) is 0 Å². The summed E-state index contributed by atoms with van der Waals surface area (Å²) in [6.45, 7) is 1.39. The molecule has 47 heavy (non-hydrogen) atoms. The molecule has 0 spiro atoms. The minimum atomic E-state index is -2.18. The number of hydrogen-bond donors (Lipinski definition) is 0. The Morgan fingerprint density at radius 3 is 2.34 bits per heavy atom. The molecule has 3 nitrogen and oxygen atoms in total. The molecule has 0 saturated heterocycles. The van der Waals surface area contributed by atoms with Gasteiger partial charge in [0.15, 0.2) is 0 Å². The van der Waals surface area contributed by atoms with Gasteiger partial charge >= 0.3 is 0 Å². The van der Waals surface area contributed by atoms with Crippen molar-refractivity contribution in [1.29, 1.82) is 0 Å². The molecule has 8 rings (SSSR count). The Labute approximate surface area is 301 Å². The zero-order valence-corrected chi connectivity index (χ0v) is 28.5. The van der Waals surface area contributed by atoms with Gasteiger partial charge in [-0.2, -0.15) is 0 Å². The molecule has 5 aromatic carbocycles. The number of fused-ring (bicyclic) bond motifs is 6. The van der Waals surface area contributed by atoms with Crippen molar-refractivity contribution < 1.29 is 35.5 Å². The fraction of sp³-hybridized carbons (Fsp3) is 0.163. The van der Waals surface area contributed by atoms with Crippen LogP contribution in [-0.4, -0.2) is 9.97 Å². The van der Waals surface area contributed by atoms with Crippen molar-refractivity contribution in [3.05, 3.63) is 144 Å². The molecule has 3 heterocycles. The number of benzene rings is 5. The van der Waals surface area contributed by atoms with Crippen molar-refractivity contribution >= 4 is 43.5 Å². The maximum Gasteiger partial charge on any atom is 0.121 e. The largest absolute Gasteiger partial charge is 0.501 e. The minimum Gasteiger partial charge on any atom is -0.501 e.